The van der Waals surface area contributed by atoms with Crippen LogP contribution in [0.5, 0.6) is 0 Å². The summed E-state index contributed by atoms with van der Waals surface area (Å²) in [6.07, 6.45) is 1.21. The first-order chi connectivity index (χ1) is 7.70. The lowest BCUT2D eigenvalue weighted by molar-refractivity contribution is 0.161. The van der Waals surface area contributed by atoms with Crippen molar-refractivity contribution in [3.63, 3.8) is 0 Å². The molecule has 1 aliphatic heterocycles. The van der Waals surface area contributed by atoms with Gasteiger partial charge in [-0.15, -0.1) is 0 Å². The molecule has 1 aromatic carbocycles. The van der Waals surface area contributed by atoms with Crippen molar-refractivity contribution in [2.24, 2.45) is 5.92 Å². The molecule has 0 bridgehead atoms. The summed E-state index contributed by atoms with van der Waals surface area (Å²) in [5, 5.41) is 0. The van der Waals surface area contributed by atoms with E-state index in [0.29, 0.717) is 5.92 Å². The topological polar surface area (TPSA) is 38.5 Å². The monoisotopic (exact) mass is 220 g/mol. The molecule has 1 unspecified atom stereocenters. The SMILES string of the molecule is COCC1CCN(c2cc(N)ccc2C)C1. The van der Waals surface area contributed by atoms with Gasteiger partial charge in [-0.1, -0.05) is 6.07 Å². The Balaban J connectivity index is 2.11. The molecule has 16 heavy (non-hydrogen) atoms. The molecule has 0 aliphatic carbocycles. The number of methoxy groups -OCH3 is 1. The highest BCUT2D eigenvalue weighted by molar-refractivity contribution is 5.61. The van der Waals surface area contributed by atoms with Crippen LogP contribution in [-0.4, -0.2) is 26.8 Å². The predicted octanol–water partition coefficient (Wildman–Crippen LogP) is 2.05. The molecule has 1 saturated heterocycles. The van der Waals surface area contributed by atoms with E-state index in [-0.39, 0.29) is 0 Å². The highest BCUT2D eigenvalue weighted by Gasteiger charge is 2.23. The molecule has 1 fully saturated rings. The first-order valence-electron chi connectivity index (χ1n) is 5.80. The fourth-order valence-electron chi connectivity index (χ4n) is 2.39. The Labute approximate surface area is 97.2 Å². The van der Waals surface area contributed by atoms with Crippen LogP contribution in [0.2, 0.25) is 0 Å². The maximum atomic E-state index is 5.84. The van der Waals surface area contributed by atoms with Crippen molar-refractivity contribution < 1.29 is 4.74 Å². The maximum absolute atomic E-state index is 5.84. The molecular formula is C13H20N2O. The summed E-state index contributed by atoms with van der Waals surface area (Å²) in [5.41, 5.74) is 9.26. The molecule has 0 radical (unpaired) electrons. The Hall–Kier alpha value is -1.22. The van der Waals surface area contributed by atoms with Crippen LogP contribution >= 0.6 is 0 Å². The van der Waals surface area contributed by atoms with E-state index >= 15 is 0 Å². The predicted molar refractivity (Wildman–Crippen MR) is 67.8 cm³/mol. The van der Waals surface area contributed by atoms with Crippen LogP contribution < -0.4 is 10.6 Å². The van der Waals surface area contributed by atoms with E-state index in [1.165, 1.54) is 17.7 Å². The number of hydrogen-bond acceptors (Lipinski definition) is 3. The Bertz CT molecular complexity index is 365. The lowest BCUT2D eigenvalue weighted by Crippen LogP contribution is -2.21. The van der Waals surface area contributed by atoms with Gasteiger partial charge in [-0.2, -0.15) is 0 Å². The fraction of sp³-hybridized carbons (Fsp3) is 0.538. The van der Waals surface area contributed by atoms with E-state index < -0.39 is 0 Å². The third-order valence-corrected chi connectivity index (χ3v) is 3.26. The third-order valence-electron chi connectivity index (χ3n) is 3.26. The molecule has 0 spiro atoms. The summed E-state index contributed by atoms with van der Waals surface area (Å²) in [7, 11) is 1.77. The van der Waals surface area contributed by atoms with E-state index in [4.69, 9.17) is 10.5 Å². The second-order valence-corrected chi connectivity index (χ2v) is 4.60. The van der Waals surface area contributed by atoms with Gasteiger partial charge >= 0.3 is 0 Å². The summed E-state index contributed by atoms with van der Waals surface area (Å²) in [4.78, 5) is 2.41. The van der Waals surface area contributed by atoms with Crippen LogP contribution in [0.4, 0.5) is 11.4 Å². The van der Waals surface area contributed by atoms with Crippen LogP contribution in [0.15, 0.2) is 18.2 Å². The van der Waals surface area contributed by atoms with Crippen molar-refractivity contribution in [2.75, 3.05) is 37.4 Å². The minimum atomic E-state index is 0.658. The number of nitrogen functional groups attached to an aromatic ring is 1. The normalized spacial score (nSPS) is 20.4. The number of benzene rings is 1. The molecule has 0 amide bonds. The summed E-state index contributed by atoms with van der Waals surface area (Å²) < 4.78 is 5.21. The first kappa shape index (κ1) is 11.3. The molecule has 1 aromatic rings. The molecule has 2 N–H and O–H groups in total. The number of anilines is 2. The van der Waals surface area contributed by atoms with Gasteiger partial charge < -0.3 is 15.4 Å². The highest BCUT2D eigenvalue weighted by Crippen LogP contribution is 2.28. The van der Waals surface area contributed by atoms with Crippen molar-refractivity contribution in [3.8, 4) is 0 Å². The zero-order valence-corrected chi connectivity index (χ0v) is 10.1. The minimum Gasteiger partial charge on any atom is -0.399 e. The summed E-state index contributed by atoms with van der Waals surface area (Å²) in [6.45, 7) is 5.19. The molecule has 1 atom stereocenters. The average Bonchev–Trinajstić information content (AvgIpc) is 2.71. The number of hydrogen-bond donors (Lipinski definition) is 1. The Morgan fingerprint density at radius 3 is 3.06 bits per heavy atom. The van der Waals surface area contributed by atoms with E-state index in [1.54, 1.807) is 7.11 Å². The third kappa shape index (κ3) is 2.30. The molecule has 1 aliphatic rings. The fourth-order valence-corrected chi connectivity index (χ4v) is 2.39. The molecular weight excluding hydrogens is 200 g/mol. The highest BCUT2D eigenvalue weighted by atomic mass is 16.5. The van der Waals surface area contributed by atoms with Gasteiger partial charge in [0, 0.05) is 37.5 Å². The van der Waals surface area contributed by atoms with Crippen LogP contribution in [0, 0.1) is 12.8 Å². The molecule has 2 rings (SSSR count). The Morgan fingerprint density at radius 2 is 2.31 bits per heavy atom. The van der Waals surface area contributed by atoms with Crippen molar-refractivity contribution in [1.82, 2.24) is 0 Å². The van der Waals surface area contributed by atoms with Crippen molar-refractivity contribution >= 4 is 11.4 Å². The van der Waals surface area contributed by atoms with Gasteiger partial charge in [0.2, 0.25) is 0 Å². The molecule has 88 valence electrons. The number of aryl methyl sites for hydroxylation is 1. The summed E-state index contributed by atoms with van der Waals surface area (Å²) in [5.74, 6) is 0.658. The van der Waals surface area contributed by atoms with Crippen LogP contribution in [0.25, 0.3) is 0 Å². The largest absolute Gasteiger partial charge is 0.399 e. The quantitative estimate of drug-likeness (QED) is 0.792. The van der Waals surface area contributed by atoms with Gasteiger partial charge in [0.25, 0.3) is 0 Å². The van der Waals surface area contributed by atoms with E-state index in [0.717, 1.165) is 25.4 Å². The standard InChI is InChI=1S/C13H20N2O/c1-10-3-4-12(14)7-13(10)15-6-5-11(8-15)9-16-2/h3-4,7,11H,5-6,8-9,14H2,1-2H3. The average molecular weight is 220 g/mol. The molecule has 3 nitrogen and oxygen atoms in total. The maximum Gasteiger partial charge on any atom is 0.0508 e. The van der Waals surface area contributed by atoms with E-state index in [2.05, 4.69) is 24.0 Å². The smallest absolute Gasteiger partial charge is 0.0508 e. The van der Waals surface area contributed by atoms with Crippen LogP contribution in [-0.2, 0) is 4.74 Å². The van der Waals surface area contributed by atoms with Gasteiger partial charge in [0.05, 0.1) is 6.61 Å². The molecule has 0 saturated carbocycles. The van der Waals surface area contributed by atoms with Gasteiger partial charge in [0.15, 0.2) is 0 Å². The van der Waals surface area contributed by atoms with Crippen molar-refractivity contribution in [3.05, 3.63) is 23.8 Å². The molecule has 3 heteroatoms. The molecule has 0 aromatic heterocycles. The van der Waals surface area contributed by atoms with Crippen molar-refractivity contribution in [1.29, 1.82) is 0 Å². The molecule has 1 heterocycles. The van der Waals surface area contributed by atoms with Crippen LogP contribution in [0.1, 0.15) is 12.0 Å². The van der Waals surface area contributed by atoms with Gasteiger partial charge in [0.1, 0.15) is 0 Å². The van der Waals surface area contributed by atoms with Crippen LogP contribution in [0.3, 0.4) is 0 Å². The number of nitrogens with zero attached hydrogens (tertiary/aromatic N) is 1. The number of rotatable bonds is 3. The summed E-state index contributed by atoms with van der Waals surface area (Å²) >= 11 is 0. The van der Waals surface area contributed by atoms with Crippen molar-refractivity contribution in [2.45, 2.75) is 13.3 Å². The zero-order chi connectivity index (χ0) is 11.5. The second-order valence-electron chi connectivity index (χ2n) is 4.60. The number of ether oxygens (including phenoxy) is 1. The lowest BCUT2D eigenvalue weighted by atomic mass is 10.1. The number of nitrogens with two attached hydrogens (primary N) is 1. The summed E-state index contributed by atoms with van der Waals surface area (Å²) in [6, 6.07) is 6.13. The van der Waals surface area contributed by atoms with Gasteiger partial charge in [-0.25, -0.2) is 0 Å². The Morgan fingerprint density at radius 1 is 1.50 bits per heavy atom. The second kappa shape index (κ2) is 4.74. The van der Waals surface area contributed by atoms with E-state index in [1.807, 2.05) is 6.07 Å². The zero-order valence-electron chi connectivity index (χ0n) is 10.1. The first-order valence-corrected chi connectivity index (χ1v) is 5.80. The van der Waals surface area contributed by atoms with E-state index in [9.17, 15) is 0 Å². The van der Waals surface area contributed by atoms with Gasteiger partial charge in [-0.05, 0) is 31.0 Å². The Kier molecular flexibility index (Phi) is 3.34. The minimum absolute atomic E-state index is 0.658. The lowest BCUT2D eigenvalue weighted by Gasteiger charge is -2.21. The van der Waals surface area contributed by atoms with Gasteiger partial charge in [-0.3, -0.25) is 0 Å².